The van der Waals surface area contributed by atoms with Crippen LogP contribution in [0.1, 0.15) is 18.4 Å². The fourth-order valence-corrected chi connectivity index (χ4v) is 4.91. The number of phenolic OH excluding ortho intramolecular Hbond substituents is 1. The molecule has 0 saturated carbocycles. The van der Waals surface area contributed by atoms with Crippen molar-refractivity contribution in [2.45, 2.75) is 18.9 Å². The van der Waals surface area contributed by atoms with Gasteiger partial charge in [-0.05, 0) is 79.3 Å². The van der Waals surface area contributed by atoms with Crippen molar-refractivity contribution in [3.63, 3.8) is 0 Å². The first kappa shape index (κ1) is 23.7. The van der Waals surface area contributed by atoms with Gasteiger partial charge in [0.2, 0.25) is 0 Å². The van der Waals surface area contributed by atoms with E-state index in [2.05, 4.69) is 27.1 Å². The lowest BCUT2D eigenvalue weighted by molar-refractivity contribution is 0.476. The van der Waals surface area contributed by atoms with Gasteiger partial charge in [-0.3, -0.25) is 4.98 Å². The Morgan fingerprint density at radius 3 is 2.54 bits per heavy atom. The lowest BCUT2D eigenvalue weighted by Gasteiger charge is -2.31. The zero-order valence-electron chi connectivity index (χ0n) is 19.0. The molecule has 4 N–H and O–H groups in total. The molecule has 0 amide bonds. The third kappa shape index (κ3) is 4.87. The van der Waals surface area contributed by atoms with Gasteiger partial charge in [-0.15, -0.1) is 0 Å². The maximum absolute atomic E-state index is 9.93. The number of fused-ring (bicyclic) bond motifs is 1. The molecule has 1 unspecified atom stereocenters. The minimum Gasteiger partial charge on any atom is -0.505 e. The van der Waals surface area contributed by atoms with Crippen LogP contribution in [0, 0.1) is 13.3 Å². The minimum absolute atomic E-state index is 0.127. The highest BCUT2D eigenvalue weighted by Crippen LogP contribution is 2.38. The average molecular weight is 506 g/mol. The van der Waals surface area contributed by atoms with Crippen molar-refractivity contribution in [3.05, 3.63) is 83.8 Å². The molecule has 2 radical (unpaired) electrons. The number of benzene rings is 2. The first-order chi connectivity index (χ1) is 16.9. The Morgan fingerprint density at radius 2 is 1.86 bits per heavy atom. The molecule has 1 fully saturated rings. The molecule has 35 heavy (non-hydrogen) atoms. The van der Waals surface area contributed by atoms with E-state index in [1.807, 2.05) is 36.5 Å². The van der Waals surface area contributed by atoms with Crippen molar-refractivity contribution in [3.8, 4) is 16.9 Å². The summed E-state index contributed by atoms with van der Waals surface area (Å²) in [6.45, 7) is 5.75. The Labute approximate surface area is 214 Å². The molecule has 5 rings (SSSR count). The number of piperidine rings is 1. The zero-order valence-corrected chi connectivity index (χ0v) is 20.5. The first-order valence-corrected chi connectivity index (χ1v) is 12.2. The molecule has 0 aliphatic carbocycles. The largest absolute Gasteiger partial charge is 0.505 e. The highest BCUT2D eigenvalue weighted by atomic mass is 35.5. The summed E-state index contributed by atoms with van der Waals surface area (Å²) in [5, 5.41) is 14.7. The van der Waals surface area contributed by atoms with Crippen LogP contribution in [0.25, 0.3) is 22.0 Å². The number of hydrogen-bond donors (Lipinski definition) is 3. The highest BCUT2D eigenvalue weighted by molar-refractivity contribution is 6.37. The van der Waals surface area contributed by atoms with Crippen LogP contribution in [0.15, 0.2) is 54.9 Å². The second kappa shape index (κ2) is 9.90. The van der Waals surface area contributed by atoms with E-state index in [0.29, 0.717) is 0 Å². The number of nitrogens with two attached hydrogens (primary N) is 1. The van der Waals surface area contributed by atoms with Gasteiger partial charge in [0.15, 0.2) is 5.75 Å². The van der Waals surface area contributed by atoms with Gasteiger partial charge in [0.05, 0.1) is 33.1 Å². The molecular formula is C27H25Cl2N5O. The Hall–Kier alpha value is -3.06. The molecule has 1 aliphatic rings. The molecule has 2 aromatic carbocycles. The van der Waals surface area contributed by atoms with Crippen LogP contribution in [0.2, 0.25) is 10.0 Å². The molecule has 1 saturated heterocycles. The third-order valence-electron chi connectivity index (χ3n) is 6.27. The lowest BCUT2D eigenvalue weighted by atomic mass is 10.0. The van der Waals surface area contributed by atoms with E-state index in [1.54, 1.807) is 24.8 Å². The van der Waals surface area contributed by atoms with Crippen LogP contribution in [0.4, 0.5) is 17.2 Å². The molecule has 1 aliphatic heterocycles. The summed E-state index contributed by atoms with van der Waals surface area (Å²) in [5.74, 6) is 0.802. The Balaban J connectivity index is 1.51. The summed E-state index contributed by atoms with van der Waals surface area (Å²) in [6.07, 6.45) is 7.53. The molecule has 178 valence electrons. The van der Waals surface area contributed by atoms with Crippen LogP contribution in [-0.4, -0.2) is 34.2 Å². The smallest absolute Gasteiger partial charge is 0.152 e. The number of aromatic nitrogens is 2. The zero-order chi connectivity index (χ0) is 24.5. The maximum Gasteiger partial charge on any atom is 0.152 e. The lowest BCUT2D eigenvalue weighted by Crippen LogP contribution is -2.43. The molecule has 0 spiro atoms. The second-order valence-corrected chi connectivity index (χ2v) is 9.51. The Kier molecular flexibility index (Phi) is 6.69. The van der Waals surface area contributed by atoms with Gasteiger partial charge < -0.3 is 21.1 Å². The van der Waals surface area contributed by atoms with E-state index in [9.17, 15) is 5.11 Å². The predicted molar refractivity (Wildman–Crippen MR) is 145 cm³/mol. The van der Waals surface area contributed by atoms with Gasteiger partial charge >= 0.3 is 0 Å². The van der Waals surface area contributed by atoms with Gasteiger partial charge in [-0.1, -0.05) is 29.3 Å². The van der Waals surface area contributed by atoms with E-state index in [1.165, 1.54) is 0 Å². The molecule has 4 aromatic rings. The van der Waals surface area contributed by atoms with Crippen molar-refractivity contribution in [1.82, 2.24) is 9.97 Å². The monoisotopic (exact) mass is 505 g/mol. The van der Waals surface area contributed by atoms with Crippen molar-refractivity contribution in [2.24, 2.45) is 5.73 Å². The summed E-state index contributed by atoms with van der Waals surface area (Å²) in [7, 11) is 0. The van der Waals surface area contributed by atoms with E-state index in [0.717, 1.165) is 70.7 Å². The first-order valence-electron chi connectivity index (χ1n) is 11.4. The standard InChI is InChI=1S/C27H25Cl2N5O/c1-2-16-13-31-24-7-5-17(18-11-22(28)27(35)23(29)12-18)10-21(24)26(16)33-20-6-8-25(32-14-20)34-9-3-4-19(30)15-34/h2,5-8,10-14,19,35H,1,3-4,9,15,30H2,(H,31,33). The maximum atomic E-state index is 9.93. The predicted octanol–water partition coefficient (Wildman–Crippen LogP) is 6.37. The topological polar surface area (TPSA) is 87.3 Å². The molecule has 3 heterocycles. The van der Waals surface area contributed by atoms with E-state index in [4.69, 9.17) is 28.9 Å². The van der Waals surface area contributed by atoms with Gasteiger partial charge in [-0.25, -0.2) is 4.98 Å². The summed E-state index contributed by atoms with van der Waals surface area (Å²) in [6, 6.07) is 13.5. The normalized spacial score (nSPS) is 16.0. The fourth-order valence-electron chi connectivity index (χ4n) is 4.42. The van der Waals surface area contributed by atoms with Crippen molar-refractivity contribution in [1.29, 1.82) is 0 Å². The van der Waals surface area contributed by atoms with Crippen LogP contribution >= 0.6 is 23.2 Å². The van der Waals surface area contributed by atoms with Crippen LogP contribution in [-0.2, 0) is 0 Å². The van der Waals surface area contributed by atoms with Crippen molar-refractivity contribution < 1.29 is 5.11 Å². The number of anilines is 3. The number of halogens is 2. The Morgan fingerprint density at radius 1 is 1.06 bits per heavy atom. The van der Waals surface area contributed by atoms with Crippen LogP contribution in [0.3, 0.4) is 0 Å². The molecular weight excluding hydrogens is 481 g/mol. The number of nitrogens with zero attached hydrogens (tertiary/aromatic N) is 3. The van der Waals surface area contributed by atoms with Gasteiger partial charge in [-0.2, -0.15) is 0 Å². The summed E-state index contributed by atoms with van der Waals surface area (Å²) >= 11 is 12.3. The van der Waals surface area contributed by atoms with Crippen LogP contribution in [0.5, 0.6) is 5.75 Å². The molecule has 1 atom stereocenters. The molecule has 2 aromatic heterocycles. The number of rotatable bonds is 5. The quantitative estimate of drug-likeness (QED) is 0.292. The van der Waals surface area contributed by atoms with Gasteiger partial charge in [0.25, 0.3) is 0 Å². The van der Waals surface area contributed by atoms with Crippen LogP contribution < -0.4 is 16.0 Å². The van der Waals surface area contributed by atoms with E-state index in [-0.39, 0.29) is 21.8 Å². The number of hydrogen-bond acceptors (Lipinski definition) is 6. The van der Waals surface area contributed by atoms with Crippen molar-refractivity contribution >= 4 is 51.3 Å². The number of nitrogens with one attached hydrogen (secondary N) is 1. The highest BCUT2D eigenvalue weighted by Gasteiger charge is 2.18. The van der Waals surface area contributed by atoms with Gasteiger partial charge in [0.1, 0.15) is 5.82 Å². The number of phenols is 1. The SMILES string of the molecule is [CH2][CH]c1cnc2ccc(-c3cc(Cl)c(O)c(Cl)c3)cc2c1Nc1ccc(N2CCCC(N)C2)nc1. The molecule has 8 heteroatoms. The second-order valence-electron chi connectivity index (χ2n) is 8.69. The summed E-state index contributed by atoms with van der Waals surface area (Å²) in [5.41, 5.74) is 11.2. The molecule has 6 nitrogen and oxygen atoms in total. The summed E-state index contributed by atoms with van der Waals surface area (Å²) < 4.78 is 0. The van der Waals surface area contributed by atoms with Gasteiger partial charge in [0, 0.05) is 30.7 Å². The number of aromatic hydroxyl groups is 1. The molecule has 0 bridgehead atoms. The minimum atomic E-state index is -0.127. The van der Waals surface area contributed by atoms with E-state index < -0.39 is 0 Å². The summed E-state index contributed by atoms with van der Waals surface area (Å²) in [4.78, 5) is 11.5. The Bertz CT molecular complexity index is 1350. The van der Waals surface area contributed by atoms with Crippen molar-refractivity contribution in [2.75, 3.05) is 23.3 Å². The third-order valence-corrected chi connectivity index (χ3v) is 6.84. The number of pyridine rings is 2. The average Bonchev–Trinajstić information content (AvgIpc) is 2.87. The van der Waals surface area contributed by atoms with E-state index >= 15 is 0 Å². The fraction of sp³-hybridized carbons (Fsp3) is 0.185.